The average molecular weight is 1610 g/mol. The van der Waals surface area contributed by atoms with Gasteiger partial charge in [0.1, 0.15) is 72.2 Å². The lowest BCUT2D eigenvalue weighted by Crippen LogP contribution is -2.62. The Balaban J connectivity index is 1.37. The van der Waals surface area contributed by atoms with Crippen LogP contribution in [0.5, 0.6) is 5.75 Å². The summed E-state index contributed by atoms with van der Waals surface area (Å²) < 4.78 is 0. The third-order valence-electron chi connectivity index (χ3n) is 19.1. The number of phenols is 1. The number of amides is 12. The van der Waals surface area contributed by atoms with Gasteiger partial charge in [-0.3, -0.25) is 67.1 Å². The van der Waals surface area contributed by atoms with Gasteiger partial charge in [0.25, 0.3) is 0 Å². The number of hydrogen-bond donors (Lipinski definition) is 19. The van der Waals surface area contributed by atoms with Crippen LogP contribution in [-0.2, 0) is 104 Å². The van der Waals surface area contributed by atoms with Crippen molar-refractivity contribution in [1.29, 1.82) is 0 Å². The number of carbonyl (C=O) groups excluding carboxylic acids is 12. The molecule has 5 aromatic carbocycles. The van der Waals surface area contributed by atoms with Crippen molar-refractivity contribution < 1.29 is 97.5 Å². The topological polar surface area (TPSA) is 554 Å². The number of hydrogen-bond acceptors (Lipinski definition) is 19. The second-order valence-corrected chi connectivity index (χ2v) is 29.0. The third kappa shape index (κ3) is 32.7. The lowest BCUT2D eigenvalue weighted by atomic mass is 9.95. The molecule has 0 radical (unpaired) electrons. The first-order chi connectivity index (χ1) is 55.2. The summed E-state index contributed by atoms with van der Waals surface area (Å²) in [6.07, 6.45) is -2.86. The summed E-state index contributed by atoms with van der Waals surface area (Å²) in [5.74, 6) is -17.6. The van der Waals surface area contributed by atoms with Gasteiger partial charge in [0.2, 0.25) is 70.9 Å². The Bertz CT molecular complexity index is 4090. The summed E-state index contributed by atoms with van der Waals surface area (Å²) in [4.78, 5) is 208. The van der Waals surface area contributed by atoms with Crippen LogP contribution in [0, 0.1) is 17.8 Å². The number of nitrogens with two attached hydrogens (primary N) is 2. The van der Waals surface area contributed by atoms with Crippen molar-refractivity contribution in [1.82, 2.24) is 63.8 Å². The summed E-state index contributed by atoms with van der Waals surface area (Å²) in [6, 6.07) is 21.0. The van der Waals surface area contributed by atoms with Crippen LogP contribution >= 0.6 is 0 Å². The van der Waals surface area contributed by atoms with E-state index in [1.807, 2.05) is 0 Å². The minimum Gasteiger partial charge on any atom is -0.508 e. The Morgan fingerprint density at radius 1 is 0.353 bits per heavy atom. The second kappa shape index (κ2) is 48.8. The van der Waals surface area contributed by atoms with E-state index in [-0.39, 0.29) is 69.6 Å². The largest absolute Gasteiger partial charge is 0.508 e. The Morgan fingerprint density at radius 3 is 1.06 bits per heavy atom. The Labute approximate surface area is 672 Å². The molecule has 0 aliphatic rings. The predicted molar refractivity (Wildman–Crippen MR) is 425 cm³/mol. The second-order valence-electron chi connectivity index (χ2n) is 29.0. The zero-order valence-corrected chi connectivity index (χ0v) is 65.8. The number of aromatic hydroxyl groups is 1. The minimum absolute atomic E-state index is 0.0136. The monoisotopic (exact) mass is 1610 g/mol. The van der Waals surface area contributed by atoms with Gasteiger partial charge in [0, 0.05) is 44.9 Å². The van der Waals surface area contributed by atoms with Crippen LogP contribution in [0.2, 0.25) is 0 Å². The van der Waals surface area contributed by atoms with Crippen molar-refractivity contribution in [2.24, 2.45) is 29.2 Å². The third-order valence-corrected chi connectivity index (χ3v) is 19.1. The summed E-state index contributed by atoms with van der Waals surface area (Å²) in [7, 11) is 0. The zero-order chi connectivity index (χ0) is 85.6. The molecule has 0 bridgehead atoms. The first-order valence-corrected chi connectivity index (χ1v) is 38.5. The van der Waals surface area contributed by atoms with E-state index >= 15 is 0 Å². The Morgan fingerprint density at radius 2 is 0.681 bits per heavy atom. The summed E-state index contributed by atoms with van der Waals surface area (Å²) in [5.41, 5.74) is 14.5. The van der Waals surface area contributed by atoms with Crippen LogP contribution < -0.4 is 75.3 Å². The van der Waals surface area contributed by atoms with E-state index in [1.165, 1.54) is 24.3 Å². The quantitative estimate of drug-likeness (QED) is 0.0227. The van der Waals surface area contributed by atoms with Gasteiger partial charge >= 0.3 is 17.9 Å². The van der Waals surface area contributed by atoms with Crippen LogP contribution in [-0.4, -0.2) is 207 Å². The van der Waals surface area contributed by atoms with Gasteiger partial charge in [0.05, 0.1) is 19.2 Å². The van der Waals surface area contributed by atoms with Crippen molar-refractivity contribution in [3.05, 3.63) is 173 Å². The lowest BCUT2D eigenvalue weighted by molar-refractivity contribution is -0.143. The summed E-state index contributed by atoms with van der Waals surface area (Å²) >= 11 is 0. The number of nitrogens with one attached hydrogen (secondary N) is 12. The zero-order valence-electron chi connectivity index (χ0n) is 65.8. The van der Waals surface area contributed by atoms with E-state index < -0.39 is 212 Å². The van der Waals surface area contributed by atoms with Gasteiger partial charge in [-0.15, -0.1) is 0 Å². The normalized spacial score (nSPS) is 14.5. The highest BCUT2D eigenvalue weighted by atomic mass is 16.4. The van der Waals surface area contributed by atoms with E-state index in [2.05, 4.69) is 63.8 Å². The molecule has 13 atom stereocenters. The van der Waals surface area contributed by atoms with Crippen LogP contribution in [0.25, 0.3) is 0 Å². The molecule has 5 aromatic rings. The molecule has 0 aliphatic heterocycles. The highest BCUT2D eigenvalue weighted by Gasteiger charge is 2.39. The molecule has 0 spiro atoms. The highest BCUT2D eigenvalue weighted by molar-refractivity contribution is 6.00. The molecule has 5 rings (SSSR count). The van der Waals surface area contributed by atoms with Crippen molar-refractivity contribution in [2.75, 3.05) is 19.7 Å². The first-order valence-electron chi connectivity index (χ1n) is 38.5. The number of carbonyl (C=O) groups is 15. The van der Waals surface area contributed by atoms with E-state index in [4.69, 9.17) is 11.5 Å². The number of aliphatic carboxylic acids is 3. The molecule has 34 heteroatoms. The number of rotatable bonds is 50. The first kappa shape index (κ1) is 94.4. The maximum Gasteiger partial charge on any atom is 0.326 e. The lowest BCUT2D eigenvalue weighted by Gasteiger charge is -2.31. The van der Waals surface area contributed by atoms with Crippen LogP contribution in [0.1, 0.15) is 121 Å². The minimum atomic E-state index is -1.75. The number of carboxylic acid groups (broad SMARTS) is 3. The smallest absolute Gasteiger partial charge is 0.326 e. The van der Waals surface area contributed by atoms with E-state index in [9.17, 15) is 97.5 Å². The number of phenolic OH excluding ortho intramolecular Hbond substituents is 1. The fourth-order valence-corrected chi connectivity index (χ4v) is 12.1. The molecule has 34 nitrogen and oxygen atoms in total. The van der Waals surface area contributed by atoms with Crippen LogP contribution in [0.4, 0.5) is 0 Å². The van der Waals surface area contributed by atoms with Crippen molar-refractivity contribution in [3.63, 3.8) is 0 Å². The molecule has 0 unspecified atom stereocenters. The van der Waals surface area contributed by atoms with E-state index in [1.54, 1.807) is 163 Å². The number of carboxylic acids is 3. The number of aliphatic hydroxyl groups is 1. The molecular formula is C82H110N14O20. The summed E-state index contributed by atoms with van der Waals surface area (Å²) in [5, 5.41) is 80.9. The van der Waals surface area contributed by atoms with Gasteiger partial charge in [-0.05, 0) is 96.4 Å². The molecule has 0 fully saturated rings. The molecule has 628 valence electrons. The molecule has 116 heavy (non-hydrogen) atoms. The molecule has 21 N–H and O–H groups in total. The number of benzene rings is 5. The molecule has 0 heterocycles. The fourth-order valence-electron chi connectivity index (χ4n) is 12.1. The van der Waals surface area contributed by atoms with Crippen LogP contribution in [0.3, 0.4) is 0 Å². The molecule has 0 saturated carbocycles. The number of unbranched alkanes of at least 4 members (excludes halogenated alkanes) is 1. The molecule has 0 aromatic heterocycles. The molecule has 0 aliphatic carbocycles. The molecular weight excluding hydrogens is 1500 g/mol. The SMILES string of the molecule is CC[C@H](C)[C@H](NC(=O)[C@@H](NC(=O)[C@H](Cc1ccc(O)cc1)NC(=O)[C@H](CO)NC(=O)CNC(=O)[C@H](Cc1ccccc1)NC(=O)[C@@H](N)C(C)C)C(C)C)C(=O)N[C@@H](CCC(=O)O)C(=O)N[C@@H](CCCCN)C(=O)N[C@@H](Cc1ccccc1)C(=O)N[C@@H](Cc1ccccc1)C(=O)N[C@@H](CCC(=O)O)C(=O)N[C@@H](Cc1ccccc1)C(=O)O. The predicted octanol–water partition coefficient (Wildman–Crippen LogP) is -0.0246. The van der Waals surface area contributed by atoms with Gasteiger partial charge < -0.3 is 101 Å². The van der Waals surface area contributed by atoms with Crippen LogP contribution in [0.15, 0.2) is 146 Å². The summed E-state index contributed by atoms with van der Waals surface area (Å²) in [6.45, 7) is 8.18. The Hall–Kier alpha value is -12.2. The number of aliphatic hydroxyl groups excluding tert-OH is 1. The van der Waals surface area contributed by atoms with Crippen molar-refractivity contribution >= 4 is 88.8 Å². The maximum atomic E-state index is 14.9. The van der Waals surface area contributed by atoms with Gasteiger partial charge in [0.15, 0.2) is 0 Å². The maximum absolute atomic E-state index is 14.9. The Kier molecular flexibility index (Phi) is 39.7. The van der Waals surface area contributed by atoms with Crippen molar-refractivity contribution in [3.8, 4) is 5.75 Å². The molecule has 0 saturated heterocycles. The molecule has 12 amide bonds. The van der Waals surface area contributed by atoms with Gasteiger partial charge in [-0.1, -0.05) is 181 Å². The average Bonchev–Trinajstić information content (AvgIpc) is 0.844. The van der Waals surface area contributed by atoms with Gasteiger partial charge in [-0.25, -0.2) is 4.79 Å². The highest BCUT2D eigenvalue weighted by Crippen LogP contribution is 2.18. The van der Waals surface area contributed by atoms with E-state index in [0.29, 0.717) is 34.2 Å². The van der Waals surface area contributed by atoms with E-state index in [0.717, 1.165) is 0 Å². The fraction of sp³-hybridized carbons (Fsp3) is 0.451. The van der Waals surface area contributed by atoms with Crippen molar-refractivity contribution in [2.45, 2.75) is 198 Å². The van der Waals surface area contributed by atoms with Gasteiger partial charge in [-0.2, -0.15) is 0 Å². The standard InChI is InChI=1S/C82H110N14O20/c1-7-49(6)70(96-80(113)69(48(4)5)95-77(110)62(43-54-31-33-55(98)34-32-54)92-78(111)64(46-97)86-65(99)45-85-71(104)59(40-50-22-12-8-13-23-50)93-79(112)68(84)47(2)3)81(114)89-58(36-38-67(102)103)73(106)87-56(30-20-21-39-83)72(105)90-61(42-52-26-16-10-17-27-52)76(109)91-60(41-51-24-14-9-15-25-51)75(108)88-57(35-37-66(100)101)74(107)94-63(82(115)116)44-53-28-18-11-19-29-53/h8-19,22-29,31-34,47-49,56-64,68-70,97-98H,7,20-21,30,35-46,83-84H2,1-6H3,(H,85,104)(H,86,99)(H,87,106)(H,88,108)(H,89,114)(H,90,105)(H,91,109)(H,92,111)(H,93,112)(H,94,107)(H,95,110)(H,96,113)(H,100,101)(H,102,103)(H,115,116)/t49-,56-,57-,58-,59-,60-,61-,62-,63-,64-,68-,69-,70-/m0/s1.